The third kappa shape index (κ3) is 3.51. The van der Waals surface area contributed by atoms with E-state index in [0.717, 1.165) is 102 Å². The van der Waals surface area contributed by atoms with Gasteiger partial charge in [-0.3, -0.25) is 9.80 Å². The highest BCUT2D eigenvalue weighted by Crippen LogP contribution is 2.62. The van der Waals surface area contributed by atoms with Gasteiger partial charge in [-0.1, -0.05) is 72.8 Å². The van der Waals surface area contributed by atoms with Crippen LogP contribution in [0.15, 0.2) is 146 Å². The van der Waals surface area contributed by atoms with Crippen LogP contribution in [-0.2, 0) is 0 Å². The maximum atomic E-state index is 6.58. The number of ether oxygens (including phenoxy) is 4. The molecule has 0 atom stereocenters. The molecule has 0 amide bonds. The van der Waals surface area contributed by atoms with Crippen molar-refractivity contribution in [3.63, 3.8) is 0 Å². The summed E-state index contributed by atoms with van der Waals surface area (Å²) in [5.74, 6) is 6.14. The summed E-state index contributed by atoms with van der Waals surface area (Å²) >= 11 is 0. The van der Waals surface area contributed by atoms with Gasteiger partial charge in [0.1, 0.15) is 11.4 Å². The normalized spacial score (nSPS) is 13.6. The highest BCUT2D eigenvalue weighted by atomic mass is 16.5. The molecule has 6 nitrogen and oxygen atoms in total. The van der Waals surface area contributed by atoms with E-state index in [9.17, 15) is 0 Å². The molecule has 0 fully saturated rings. The Balaban J connectivity index is 1.09. The van der Waals surface area contributed by atoms with E-state index in [1.807, 2.05) is 72.8 Å². The van der Waals surface area contributed by atoms with Gasteiger partial charge >= 0.3 is 0 Å². The average Bonchev–Trinajstić information content (AvgIpc) is 3.14. The quantitative estimate of drug-likeness (QED) is 0.192. The Hall–Kier alpha value is -6.66. The number of hydrogen-bond donors (Lipinski definition) is 0. The molecule has 0 aliphatic carbocycles. The second kappa shape index (κ2) is 9.44. The van der Waals surface area contributed by atoms with Gasteiger partial charge in [0.2, 0.25) is 0 Å². The SMILES string of the molecule is c1ccc2c(c1)Oc1cc(-c3ccccc3-c3cc4c5c(c3)Oc3ccccc3N5c3ccccc3O4)cc3c1N2c1ccccc1O3. The molecule has 4 aliphatic heterocycles. The fraction of sp³-hybridized carbons (Fsp3) is 0. The predicted octanol–water partition coefficient (Wildman–Crippen LogP) is 12.4. The van der Waals surface area contributed by atoms with E-state index in [2.05, 4.69) is 82.6 Å². The summed E-state index contributed by atoms with van der Waals surface area (Å²) < 4.78 is 26.3. The van der Waals surface area contributed by atoms with Crippen molar-refractivity contribution in [2.24, 2.45) is 0 Å². The second-order valence-electron chi connectivity index (χ2n) is 12.1. The van der Waals surface area contributed by atoms with E-state index in [1.165, 1.54) is 0 Å². The van der Waals surface area contributed by atoms with Crippen molar-refractivity contribution in [1.29, 1.82) is 0 Å². The molecule has 0 saturated heterocycles. The van der Waals surface area contributed by atoms with Crippen molar-refractivity contribution < 1.29 is 18.9 Å². The van der Waals surface area contributed by atoms with E-state index >= 15 is 0 Å². The Bertz CT molecular complexity index is 2190. The smallest absolute Gasteiger partial charge is 0.156 e. The van der Waals surface area contributed by atoms with Crippen molar-refractivity contribution in [3.05, 3.63) is 146 Å². The Labute approximate surface area is 276 Å². The molecule has 48 heavy (non-hydrogen) atoms. The third-order valence-corrected chi connectivity index (χ3v) is 9.38. The molecule has 11 rings (SSSR count). The number of benzene rings is 7. The average molecular weight is 621 g/mol. The zero-order valence-electron chi connectivity index (χ0n) is 25.4. The number of nitrogens with zero attached hydrogens (tertiary/aromatic N) is 2. The first-order valence-corrected chi connectivity index (χ1v) is 15.9. The van der Waals surface area contributed by atoms with E-state index < -0.39 is 0 Å². The molecule has 0 saturated carbocycles. The Morgan fingerprint density at radius 1 is 0.292 bits per heavy atom. The number of anilines is 6. The lowest BCUT2D eigenvalue weighted by atomic mass is 9.92. The molecule has 7 aromatic rings. The van der Waals surface area contributed by atoms with Crippen molar-refractivity contribution >= 4 is 34.1 Å². The van der Waals surface area contributed by atoms with Gasteiger partial charge in [0.05, 0.1) is 22.7 Å². The molecule has 6 heteroatoms. The molecular formula is C42H24N2O4. The van der Waals surface area contributed by atoms with E-state index in [-0.39, 0.29) is 0 Å². The van der Waals surface area contributed by atoms with Gasteiger partial charge in [0.15, 0.2) is 46.0 Å². The van der Waals surface area contributed by atoms with Gasteiger partial charge < -0.3 is 18.9 Å². The van der Waals surface area contributed by atoms with Crippen molar-refractivity contribution in [3.8, 4) is 68.2 Å². The first-order valence-electron chi connectivity index (χ1n) is 15.9. The van der Waals surface area contributed by atoms with Crippen LogP contribution in [0.5, 0.6) is 46.0 Å². The number of hydrogen-bond acceptors (Lipinski definition) is 6. The van der Waals surface area contributed by atoms with Crippen LogP contribution in [0.4, 0.5) is 34.1 Å². The fourth-order valence-electron chi connectivity index (χ4n) is 7.34. The first kappa shape index (κ1) is 25.5. The number of para-hydroxylation sites is 8. The third-order valence-electron chi connectivity index (χ3n) is 9.38. The van der Waals surface area contributed by atoms with Crippen LogP contribution >= 0.6 is 0 Å². The fourth-order valence-corrected chi connectivity index (χ4v) is 7.34. The van der Waals surface area contributed by atoms with E-state index in [0.29, 0.717) is 0 Å². The Kier molecular flexibility index (Phi) is 5.02. The molecule has 226 valence electrons. The first-order chi connectivity index (χ1) is 23.8. The lowest BCUT2D eigenvalue weighted by molar-refractivity contribution is 0.445. The standard InChI is InChI=1S/C42H24N2O4/c1-2-12-28(26-23-39-42-40(24-26)48-36-20-10-6-16-32(36)44(42)31-15-5-9-19-35(31)47-39)27(11-1)25-21-37-41-38(22-25)46-34-18-8-4-14-30(34)43(41)29-13-3-7-17-33(29)45-37/h1-24H. The van der Waals surface area contributed by atoms with Crippen LogP contribution in [0.3, 0.4) is 0 Å². The van der Waals surface area contributed by atoms with Gasteiger partial charge in [0.25, 0.3) is 0 Å². The highest BCUT2D eigenvalue weighted by molar-refractivity contribution is 5.98. The number of rotatable bonds is 2. The predicted molar refractivity (Wildman–Crippen MR) is 187 cm³/mol. The molecule has 0 bridgehead atoms. The summed E-state index contributed by atoms with van der Waals surface area (Å²) in [6.07, 6.45) is 0. The minimum atomic E-state index is 0.738. The van der Waals surface area contributed by atoms with Gasteiger partial charge in [-0.2, -0.15) is 0 Å². The molecule has 0 aromatic heterocycles. The molecule has 7 aromatic carbocycles. The van der Waals surface area contributed by atoms with Crippen LogP contribution in [-0.4, -0.2) is 0 Å². The van der Waals surface area contributed by atoms with Gasteiger partial charge in [-0.05, 0) is 95.1 Å². The molecule has 0 radical (unpaired) electrons. The summed E-state index contributed by atoms with van der Waals surface area (Å²) in [7, 11) is 0. The monoisotopic (exact) mass is 620 g/mol. The van der Waals surface area contributed by atoms with Gasteiger partial charge in [-0.15, -0.1) is 0 Å². The maximum absolute atomic E-state index is 6.58. The lowest BCUT2D eigenvalue weighted by Crippen LogP contribution is -2.20. The summed E-state index contributed by atoms with van der Waals surface area (Å²) in [4.78, 5) is 4.48. The zero-order valence-corrected chi connectivity index (χ0v) is 25.4. The molecule has 0 unspecified atom stereocenters. The number of fused-ring (bicyclic) bond motifs is 8. The molecule has 0 N–H and O–H groups in total. The summed E-state index contributed by atoms with van der Waals surface area (Å²) in [6.45, 7) is 0. The lowest BCUT2D eigenvalue weighted by Gasteiger charge is -2.38. The highest BCUT2D eigenvalue weighted by Gasteiger charge is 2.37. The second-order valence-corrected chi connectivity index (χ2v) is 12.1. The Morgan fingerprint density at radius 3 is 0.875 bits per heavy atom. The van der Waals surface area contributed by atoms with E-state index in [1.54, 1.807) is 0 Å². The minimum Gasteiger partial charge on any atom is -0.453 e. The summed E-state index contributed by atoms with van der Waals surface area (Å²) in [6, 6.07) is 49.3. The largest absolute Gasteiger partial charge is 0.453 e. The van der Waals surface area contributed by atoms with Crippen LogP contribution < -0.4 is 28.7 Å². The van der Waals surface area contributed by atoms with Crippen LogP contribution in [0.2, 0.25) is 0 Å². The van der Waals surface area contributed by atoms with E-state index in [4.69, 9.17) is 18.9 Å². The maximum Gasteiger partial charge on any atom is 0.156 e. The summed E-state index contributed by atoms with van der Waals surface area (Å²) in [5.41, 5.74) is 9.73. The van der Waals surface area contributed by atoms with Crippen LogP contribution in [0.1, 0.15) is 0 Å². The molecular weight excluding hydrogens is 596 g/mol. The minimum absolute atomic E-state index is 0.738. The van der Waals surface area contributed by atoms with Crippen molar-refractivity contribution in [2.75, 3.05) is 9.80 Å². The van der Waals surface area contributed by atoms with Crippen molar-refractivity contribution in [1.82, 2.24) is 0 Å². The topological polar surface area (TPSA) is 43.4 Å². The molecule has 0 spiro atoms. The van der Waals surface area contributed by atoms with Crippen LogP contribution in [0.25, 0.3) is 22.3 Å². The van der Waals surface area contributed by atoms with Crippen LogP contribution in [0, 0.1) is 0 Å². The van der Waals surface area contributed by atoms with Crippen molar-refractivity contribution in [2.45, 2.75) is 0 Å². The zero-order chi connectivity index (χ0) is 31.3. The van der Waals surface area contributed by atoms with Gasteiger partial charge in [-0.25, -0.2) is 0 Å². The van der Waals surface area contributed by atoms with Gasteiger partial charge in [0, 0.05) is 0 Å². The Morgan fingerprint density at radius 2 is 0.562 bits per heavy atom. The summed E-state index contributed by atoms with van der Waals surface area (Å²) in [5, 5.41) is 0. The molecule has 4 aliphatic rings. The molecule has 4 heterocycles.